The summed E-state index contributed by atoms with van der Waals surface area (Å²) in [4.78, 5) is 6.70. The van der Waals surface area contributed by atoms with E-state index in [9.17, 15) is 4.39 Å². The SMILES string of the molecule is CN=C(NCCc1c(C)noc1C)NC1CCCN(Cc2ccc(F)cc2Cl)C1.I. The highest BCUT2D eigenvalue weighted by molar-refractivity contribution is 14.0. The summed E-state index contributed by atoms with van der Waals surface area (Å²) >= 11 is 6.19. The van der Waals surface area contributed by atoms with Crippen LogP contribution in [-0.4, -0.2) is 48.7 Å². The van der Waals surface area contributed by atoms with Gasteiger partial charge in [0.2, 0.25) is 0 Å². The average Bonchev–Trinajstić information content (AvgIpc) is 3.01. The monoisotopic (exact) mass is 549 g/mol. The Bertz CT molecular complexity index is 840. The zero-order chi connectivity index (χ0) is 20.8. The molecule has 0 saturated carbocycles. The topological polar surface area (TPSA) is 65.7 Å². The third kappa shape index (κ3) is 6.81. The fourth-order valence-corrected chi connectivity index (χ4v) is 3.99. The van der Waals surface area contributed by atoms with Crippen molar-refractivity contribution in [2.75, 3.05) is 26.7 Å². The van der Waals surface area contributed by atoms with E-state index in [2.05, 4.69) is 25.7 Å². The number of nitrogens with one attached hydrogen (secondary N) is 2. The Kier molecular flexibility index (Phi) is 9.83. The van der Waals surface area contributed by atoms with E-state index >= 15 is 0 Å². The lowest BCUT2D eigenvalue weighted by Gasteiger charge is -2.34. The number of aromatic nitrogens is 1. The molecule has 3 rings (SSSR count). The summed E-state index contributed by atoms with van der Waals surface area (Å²) in [6, 6.07) is 4.91. The van der Waals surface area contributed by atoms with Crippen LogP contribution in [0, 0.1) is 19.7 Å². The highest BCUT2D eigenvalue weighted by atomic mass is 127. The number of likely N-dealkylation sites (tertiary alicyclic amines) is 1. The molecule has 2 N–H and O–H groups in total. The van der Waals surface area contributed by atoms with E-state index in [1.165, 1.54) is 12.1 Å². The summed E-state index contributed by atoms with van der Waals surface area (Å²) in [5, 5.41) is 11.4. The molecule has 1 saturated heterocycles. The van der Waals surface area contributed by atoms with Crippen molar-refractivity contribution in [1.29, 1.82) is 0 Å². The maximum atomic E-state index is 13.3. The lowest BCUT2D eigenvalue weighted by Crippen LogP contribution is -2.51. The van der Waals surface area contributed by atoms with Gasteiger partial charge >= 0.3 is 0 Å². The highest BCUT2D eigenvalue weighted by Gasteiger charge is 2.21. The Morgan fingerprint density at radius 1 is 1.40 bits per heavy atom. The van der Waals surface area contributed by atoms with E-state index in [1.807, 2.05) is 13.8 Å². The van der Waals surface area contributed by atoms with Gasteiger partial charge in [0.05, 0.1) is 5.69 Å². The predicted octanol–water partition coefficient (Wildman–Crippen LogP) is 4.07. The molecule has 1 unspecified atom stereocenters. The zero-order valence-corrected chi connectivity index (χ0v) is 20.8. The second-order valence-corrected chi connectivity index (χ2v) is 7.91. The number of aliphatic imine (C=N–C) groups is 1. The van der Waals surface area contributed by atoms with Crippen LogP contribution in [0.5, 0.6) is 0 Å². The molecule has 1 aromatic heterocycles. The Labute approximate surface area is 199 Å². The van der Waals surface area contributed by atoms with E-state index < -0.39 is 0 Å². The minimum absolute atomic E-state index is 0. The van der Waals surface area contributed by atoms with Gasteiger partial charge in [-0.25, -0.2) is 4.39 Å². The molecule has 0 aliphatic carbocycles. The number of nitrogens with zero attached hydrogens (tertiary/aromatic N) is 3. The number of rotatable bonds is 6. The smallest absolute Gasteiger partial charge is 0.191 e. The first-order valence-electron chi connectivity index (χ1n) is 10.0. The van der Waals surface area contributed by atoms with E-state index in [-0.39, 0.29) is 29.8 Å². The fourth-order valence-electron chi connectivity index (χ4n) is 3.76. The van der Waals surface area contributed by atoms with E-state index in [4.69, 9.17) is 16.1 Å². The van der Waals surface area contributed by atoms with E-state index in [1.54, 1.807) is 13.1 Å². The summed E-state index contributed by atoms with van der Waals surface area (Å²) in [6.07, 6.45) is 3.01. The van der Waals surface area contributed by atoms with Crippen LogP contribution in [-0.2, 0) is 13.0 Å². The number of benzene rings is 1. The van der Waals surface area contributed by atoms with Crippen LogP contribution in [0.2, 0.25) is 5.02 Å². The van der Waals surface area contributed by atoms with Crippen molar-refractivity contribution in [3.05, 3.63) is 51.6 Å². The molecule has 0 spiro atoms. The third-order valence-corrected chi connectivity index (χ3v) is 5.68. The Balaban J connectivity index is 0.00000320. The second-order valence-electron chi connectivity index (χ2n) is 7.51. The van der Waals surface area contributed by atoms with E-state index in [0.29, 0.717) is 11.1 Å². The van der Waals surface area contributed by atoms with Crippen molar-refractivity contribution in [2.24, 2.45) is 4.99 Å². The second kappa shape index (κ2) is 11.9. The van der Waals surface area contributed by atoms with Gasteiger partial charge in [-0.1, -0.05) is 22.8 Å². The molecular formula is C21H30ClFIN5O. The number of aryl methyl sites for hydroxylation is 2. The van der Waals surface area contributed by atoms with Gasteiger partial charge in [0, 0.05) is 43.3 Å². The molecule has 1 aliphatic rings. The molecule has 1 atom stereocenters. The summed E-state index contributed by atoms with van der Waals surface area (Å²) in [5.41, 5.74) is 3.04. The maximum absolute atomic E-state index is 13.3. The maximum Gasteiger partial charge on any atom is 0.191 e. The van der Waals surface area contributed by atoms with Crippen LogP contribution in [0.25, 0.3) is 0 Å². The molecule has 0 radical (unpaired) electrons. The minimum atomic E-state index is -0.302. The Morgan fingerprint density at radius 3 is 2.87 bits per heavy atom. The summed E-state index contributed by atoms with van der Waals surface area (Å²) < 4.78 is 18.5. The fraction of sp³-hybridized carbons (Fsp3) is 0.524. The molecule has 9 heteroatoms. The lowest BCUT2D eigenvalue weighted by atomic mass is 10.0. The first-order chi connectivity index (χ1) is 14.0. The van der Waals surface area contributed by atoms with Gasteiger partial charge in [0.1, 0.15) is 11.6 Å². The van der Waals surface area contributed by atoms with Crippen LogP contribution >= 0.6 is 35.6 Å². The average molecular weight is 550 g/mol. The van der Waals surface area contributed by atoms with Crippen LogP contribution in [0.4, 0.5) is 4.39 Å². The van der Waals surface area contributed by atoms with Crippen molar-refractivity contribution in [3.8, 4) is 0 Å². The van der Waals surface area contributed by atoms with Crippen LogP contribution in [0.15, 0.2) is 27.7 Å². The quantitative estimate of drug-likeness (QED) is 0.323. The Morgan fingerprint density at radius 2 is 2.20 bits per heavy atom. The van der Waals surface area contributed by atoms with Gasteiger partial charge < -0.3 is 15.2 Å². The summed E-state index contributed by atoms with van der Waals surface area (Å²) in [5.74, 6) is 1.36. The van der Waals surface area contributed by atoms with Gasteiger partial charge in [-0.2, -0.15) is 0 Å². The number of piperidine rings is 1. The first kappa shape index (κ1) is 24.9. The van der Waals surface area contributed by atoms with Gasteiger partial charge in [-0.05, 0) is 57.4 Å². The van der Waals surface area contributed by atoms with Crippen LogP contribution < -0.4 is 10.6 Å². The zero-order valence-electron chi connectivity index (χ0n) is 17.7. The molecule has 2 heterocycles. The van der Waals surface area contributed by atoms with Gasteiger partial charge in [0.15, 0.2) is 5.96 Å². The van der Waals surface area contributed by atoms with Crippen LogP contribution in [0.1, 0.15) is 35.4 Å². The molecule has 0 bridgehead atoms. The summed E-state index contributed by atoms with van der Waals surface area (Å²) in [7, 11) is 1.78. The standard InChI is InChI=1S/C21H29ClFN5O.HI/c1-14-19(15(2)29-27-14)8-9-25-21(24-3)26-18-5-4-10-28(13-18)12-16-6-7-17(23)11-20(16)22;/h6-7,11,18H,4-5,8-10,12-13H2,1-3H3,(H2,24,25,26);1H. The largest absolute Gasteiger partial charge is 0.361 e. The molecule has 1 fully saturated rings. The predicted molar refractivity (Wildman–Crippen MR) is 129 cm³/mol. The van der Waals surface area contributed by atoms with Gasteiger partial charge in [-0.3, -0.25) is 9.89 Å². The van der Waals surface area contributed by atoms with Crippen molar-refractivity contribution in [2.45, 2.75) is 45.7 Å². The Hall–Kier alpha value is -1.39. The summed E-state index contributed by atoms with van der Waals surface area (Å²) in [6.45, 7) is 7.26. The molecule has 6 nitrogen and oxygen atoms in total. The van der Waals surface area contributed by atoms with Crippen molar-refractivity contribution >= 4 is 41.5 Å². The highest BCUT2D eigenvalue weighted by Crippen LogP contribution is 2.21. The number of hydrogen-bond donors (Lipinski definition) is 2. The molecule has 166 valence electrons. The van der Waals surface area contributed by atoms with Gasteiger partial charge in [0.25, 0.3) is 0 Å². The van der Waals surface area contributed by atoms with Crippen molar-refractivity contribution < 1.29 is 8.91 Å². The number of guanidine groups is 1. The third-order valence-electron chi connectivity index (χ3n) is 5.33. The molecular weight excluding hydrogens is 520 g/mol. The number of halogens is 3. The molecule has 1 aromatic carbocycles. The minimum Gasteiger partial charge on any atom is -0.361 e. The first-order valence-corrected chi connectivity index (χ1v) is 10.4. The van der Waals surface area contributed by atoms with Crippen molar-refractivity contribution in [1.82, 2.24) is 20.7 Å². The molecule has 30 heavy (non-hydrogen) atoms. The van der Waals surface area contributed by atoms with E-state index in [0.717, 1.165) is 74.0 Å². The van der Waals surface area contributed by atoms with Gasteiger partial charge in [-0.15, -0.1) is 24.0 Å². The molecule has 1 aliphatic heterocycles. The van der Waals surface area contributed by atoms with Crippen molar-refractivity contribution in [3.63, 3.8) is 0 Å². The van der Waals surface area contributed by atoms with Crippen LogP contribution in [0.3, 0.4) is 0 Å². The normalized spacial score (nSPS) is 17.5. The lowest BCUT2D eigenvalue weighted by molar-refractivity contribution is 0.192. The molecule has 2 aromatic rings. The molecule has 0 amide bonds. The number of hydrogen-bond acceptors (Lipinski definition) is 4.